The van der Waals surface area contributed by atoms with Crippen LogP contribution in [0.2, 0.25) is 0 Å². The van der Waals surface area contributed by atoms with Gasteiger partial charge in [-0.05, 0) is 45.1 Å². The lowest BCUT2D eigenvalue weighted by Crippen LogP contribution is -2.51. The highest BCUT2D eigenvalue weighted by Gasteiger charge is 2.24. The number of rotatable bonds is 64. The molecule has 0 spiro atoms. The predicted molar refractivity (Wildman–Crippen MR) is 348 cm³/mol. The van der Waals surface area contributed by atoms with Crippen LogP contribution in [-0.2, 0) is 0 Å². The molecule has 6 atom stereocenters. The summed E-state index contributed by atoms with van der Waals surface area (Å²) in [5, 5.41) is 61.0. The molecule has 1 saturated heterocycles. The summed E-state index contributed by atoms with van der Waals surface area (Å²) < 4.78 is 0. The molecule has 1 aliphatic heterocycles. The van der Waals surface area contributed by atoms with Crippen LogP contribution in [0.3, 0.4) is 0 Å². The fourth-order valence-corrected chi connectivity index (χ4v) is 12.5. The number of nitrogens with one attached hydrogen (secondary N) is 1. The van der Waals surface area contributed by atoms with Gasteiger partial charge < -0.3 is 30.8 Å². The first kappa shape index (κ1) is 77.6. The van der Waals surface area contributed by atoms with Crippen molar-refractivity contribution in [1.29, 1.82) is 0 Å². The van der Waals surface area contributed by atoms with Gasteiger partial charge in [-0.1, -0.05) is 291 Å². The van der Waals surface area contributed by atoms with Crippen LogP contribution in [0.5, 0.6) is 0 Å². The molecule has 1 rings (SSSR count). The summed E-state index contributed by atoms with van der Waals surface area (Å²) in [4.78, 5) is 9.87. The van der Waals surface area contributed by atoms with Crippen LogP contribution >= 0.6 is 0 Å². The van der Waals surface area contributed by atoms with Gasteiger partial charge in [0.05, 0.1) is 30.5 Å². The Balaban J connectivity index is 2.89. The molecule has 480 valence electrons. The Labute approximate surface area is 499 Å². The maximum atomic E-state index is 11.9. The largest absolute Gasteiger partial charge is 0.392 e. The highest BCUT2D eigenvalue weighted by molar-refractivity contribution is 4.82. The number of unbranched alkanes of at least 4 members (excludes halogenated alkanes) is 35. The number of hydrogen-bond donors (Lipinski definition) is 6. The maximum absolute atomic E-state index is 11.9. The molecule has 0 radical (unpaired) electrons. The first-order chi connectivity index (χ1) is 39.1. The van der Waals surface area contributed by atoms with Gasteiger partial charge in [0, 0.05) is 84.6 Å². The van der Waals surface area contributed by atoms with Gasteiger partial charge >= 0.3 is 0 Å². The molecule has 1 fully saturated rings. The molecule has 0 amide bonds. The van der Waals surface area contributed by atoms with Crippen molar-refractivity contribution in [2.45, 2.75) is 367 Å². The van der Waals surface area contributed by atoms with Gasteiger partial charge in [0.1, 0.15) is 0 Å². The zero-order chi connectivity index (χ0) is 58.2. The third kappa shape index (κ3) is 49.8. The summed E-state index contributed by atoms with van der Waals surface area (Å²) in [5.74, 6) is 0. The number of hydrogen-bond acceptors (Lipinski definition) is 10. The topological polar surface area (TPSA) is 126 Å². The molecule has 1 heterocycles. The van der Waals surface area contributed by atoms with E-state index < -0.39 is 18.3 Å². The van der Waals surface area contributed by atoms with Crippen LogP contribution < -0.4 is 5.32 Å². The summed E-state index contributed by atoms with van der Waals surface area (Å²) in [6.07, 6.45) is 53.8. The van der Waals surface area contributed by atoms with E-state index in [-0.39, 0.29) is 18.2 Å². The lowest BCUT2D eigenvalue weighted by Gasteiger charge is -2.37. The zero-order valence-corrected chi connectivity index (χ0v) is 54.7. The number of piperazine rings is 1. The van der Waals surface area contributed by atoms with E-state index in [0.29, 0.717) is 26.2 Å². The summed E-state index contributed by atoms with van der Waals surface area (Å²) in [7, 11) is 0. The molecule has 0 aromatic carbocycles. The minimum absolute atomic E-state index is 0.0270. The summed E-state index contributed by atoms with van der Waals surface area (Å²) >= 11 is 0. The Morgan fingerprint density at radius 1 is 0.300 bits per heavy atom. The van der Waals surface area contributed by atoms with E-state index in [1.807, 2.05) is 0 Å². The molecule has 10 nitrogen and oxygen atoms in total. The van der Waals surface area contributed by atoms with Crippen LogP contribution in [0.1, 0.15) is 330 Å². The van der Waals surface area contributed by atoms with Crippen molar-refractivity contribution >= 4 is 0 Å². The van der Waals surface area contributed by atoms with Gasteiger partial charge in [0.15, 0.2) is 0 Å². The molecule has 0 aromatic rings. The quantitative estimate of drug-likeness (QED) is 0.0328. The Hall–Kier alpha value is -0.400. The molecule has 0 bridgehead atoms. The fraction of sp³-hybridized carbons (Fsp3) is 1.00. The summed E-state index contributed by atoms with van der Waals surface area (Å²) in [6.45, 7) is 22.4. The van der Waals surface area contributed by atoms with E-state index in [4.69, 9.17) is 0 Å². The zero-order valence-electron chi connectivity index (χ0n) is 54.7. The highest BCUT2D eigenvalue weighted by Crippen LogP contribution is 2.19. The van der Waals surface area contributed by atoms with Gasteiger partial charge in [0.2, 0.25) is 0 Å². The fourth-order valence-electron chi connectivity index (χ4n) is 12.5. The molecule has 6 unspecified atom stereocenters. The summed E-state index contributed by atoms with van der Waals surface area (Å²) in [6, 6.07) is -0.0270. The van der Waals surface area contributed by atoms with Gasteiger partial charge in [0.25, 0.3) is 0 Å². The van der Waals surface area contributed by atoms with Crippen molar-refractivity contribution in [2.24, 2.45) is 0 Å². The van der Waals surface area contributed by atoms with Crippen molar-refractivity contribution in [3.05, 3.63) is 0 Å². The third-order valence-corrected chi connectivity index (χ3v) is 18.0. The number of aliphatic hydroxyl groups is 5. The first-order valence-electron chi connectivity index (χ1n) is 36.2. The van der Waals surface area contributed by atoms with Gasteiger partial charge in [-0.3, -0.25) is 19.6 Å². The Morgan fingerprint density at radius 3 is 0.850 bits per heavy atom. The van der Waals surface area contributed by atoms with Crippen molar-refractivity contribution in [1.82, 2.24) is 24.9 Å². The Morgan fingerprint density at radius 2 is 0.550 bits per heavy atom. The second-order valence-corrected chi connectivity index (χ2v) is 26.1. The van der Waals surface area contributed by atoms with Crippen LogP contribution in [0.4, 0.5) is 0 Å². The first-order valence-corrected chi connectivity index (χ1v) is 36.2. The highest BCUT2D eigenvalue weighted by atomic mass is 16.3. The molecule has 0 aliphatic carbocycles. The van der Waals surface area contributed by atoms with E-state index in [9.17, 15) is 25.5 Å². The van der Waals surface area contributed by atoms with Gasteiger partial charge in [-0.2, -0.15) is 0 Å². The van der Waals surface area contributed by atoms with Crippen LogP contribution in [-0.4, -0.2) is 167 Å². The van der Waals surface area contributed by atoms with Crippen molar-refractivity contribution < 1.29 is 25.5 Å². The smallest absolute Gasteiger partial charge is 0.0693 e. The molecular formula is C70H145N5O5. The predicted octanol–water partition coefficient (Wildman–Crippen LogP) is 16.0. The second-order valence-electron chi connectivity index (χ2n) is 26.1. The average Bonchev–Trinajstić information content (AvgIpc) is 3.44. The van der Waals surface area contributed by atoms with Crippen LogP contribution in [0, 0.1) is 0 Å². The second kappa shape index (κ2) is 59.0. The molecular weight excluding hydrogens is 991 g/mol. The Bertz CT molecular complexity index is 1160. The van der Waals surface area contributed by atoms with Crippen LogP contribution in [0.25, 0.3) is 0 Å². The summed E-state index contributed by atoms with van der Waals surface area (Å²) in [5.41, 5.74) is 0. The normalized spacial score (nSPS) is 16.1. The van der Waals surface area contributed by atoms with Crippen molar-refractivity contribution in [2.75, 3.05) is 85.1 Å². The SMILES string of the molecule is CCCCCCCCCCC(O)CN(CCC(NCCN1CCN(CCN(CC(O)CCCCCCCCCC)CC(O)CCCCCCCCCC)CC1)C(O)CCCCCCCCCC)CC(O)CCCCCCCCCC. The molecule has 10 heteroatoms. The number of nitrogens with zero attached hydrogens (tertiary/aromatic N) is 4. The third-order valence-electron chi connectivity index (χ3n) is 18.0. The lowest BCUT2D eigenvalue weighted by molar-refractivity contribution is 0.0477. The van der Waals surface area contributed by atoms with Crippen LogP contribution in [0.15, 0.2) is 0 Å². The van der Waals surface area contributed by atoms with E-state index in [1.165, 1.54) is 225 Å². The maximum Gasteiger partial charge on any atom is 0.0693 e. The Kier molecular flexibility index (Phi) is 57.2. The standard InChI is InChI=1S/C70H145N5O5/c1-6-11-16-21-26-31-36-41-46-65(76)61-74(62-66(77)47-42-37-32-27-22-17-12-7-2)53-51-69(70(80)50-45-40-35-30-25-20-15-10-5)71-52-54-72-55-57-73(58-56-72)59-60-75(63-67(78)48-43-38-33-28-23-18-13-8-3)64-68(79)49-44-39-34-29-24-19-14-9-4/h65-71,76-80H,6-64H2,1-5H3. The monoisotopic (exact) mass is 1140 g/mol. The van der Waals surface area contributed by atoms with E-state index in [1.54, 1.807) is 0 Å². The molecule has 80 heavy (non-hydrogen) atoms. The molecule has 0 aromatic heterocycles. The molecule has 0 saturated carbocycles. The van der Waals surface area contributed by atoms with E-state index >= 15 is 0 Å². The van der Waals surface area contributed by atoms with Crippen molar-refractivity contribution in [3.63, 3.8) is 0 Å². The molecule has 6 N–H and O–H groups in total. The van der Waals surface area contributed by atoms with Crippen molar-refractivity contribution in [3.8, 4) is 0 Å². The van der Waals surface area contributed by atoms with Gasteiger partial charge in [-0.25, -0.2) is 0 Å². The minimum atomic E-state index is -0.418. The van der Waals surface area contributed by atoms with E-state index in [2.05, 4.69) is 59.5 Å². The average molecular weight is 1140 g/mol. The lowest BCUT2D eigenvalue weighted by atomic mass is 9.99. The van der Waals surface area contributed by atoms with Gasteiger partial charge in [-0.15, -0.1) is 0 Å². The van der Waals surface area contributed by atoms with E-state index in [0.717, 1.165) is 130 Å². The number of aliphatic hydroxyl groups excluding tert-OH is 5. The minimum Gasteiger partial charge on any atom is -0.392 e. The molecule has 1 aliphatic rings.